The Balaban J connectivity index is 1.48. The topological polar surface area (TPSA) is 57.7 Å². The Morgan fingerprint density at radius 3 is 2.25 bits per heavy atom. The number of fused-ring (bicyclic) bond motifs is 5. The molecule has 2 fully saturated rings. The van der Waals surface area contributed by atoms with Gasteiger partial charge in [-0.3, -0.25) is 14.4 Å². The predicted molar refractivity (Wildman–Crippen MR) is 127 cm³/mol. The van der Waals surface area contributed by atoms with Gasteiger partial charge in [0.15, 0.2) is 5.78 Å². The van der Waals surface area contributed by atoms with Crippen molar-refractivity contribution in [3.8, 4) is 0 Å². The Morgan fingerprint density at radius 2 is 1.50 bits per heavy atom. The Kier molecular flexibility index (Phi) is 4.90. The van der Waals surface area contributed by atoms with E-state index in [1.807, 2.05) is 35.2 Å². The number of ketones is 1. The zero-order chi connectivity index (χ0) is 25.2. The Hall–Kier alpha value is -4.20. The zero-order valence-corrected chi connectivity index (χ0v) is 18.7. The largest absolute Gasteiger partial charge is 0.416 e. The minimum absolute atomic E-state index is 0.146. The van der Waals surface area contributed by atoms with Crippen molar-refractivity contribution in [1.82, 2.24) is 0 Å². The minimum atomic E-state index is -4.63. The van der Waals surface area contributed by atoms with Crippen LogP contribution >= 0.6 is 0 Å². The van der Waals surface area contributed by atoms with E-state index in [9.17, 15) is 27.6 Å². The molecular weight excluding hydrogens is 469 g/mol. The van der Waals surface area contributed by atoms with E-state index in [-0.39, 0.29) is 11.5 Å². The summed E-state index contributed by atoms with van der Waals surface area (Å²) in [5.41, 5.74) is 0.885. The molecule has 0 N–H and O–H groups in total. The third kappa shape index (κ3) is 3.21. The number of para-hydroxylation sites is 1. The number of benzene rings is 3. The molecule has 0 aromatic heterocycles. The van der Waals surface area contributed by atoms with Gasteiger partial charge in [-0.25, -0.2) is 4.90 Å². The van der Waals surface area contributed by atoms with Gasteiger partial charge in [0.05, 0.1) is 29.1 Å². The second-order valence-corrected chi connectivity index (χ2v) is 9.10. The first-order chi connectivity index (χ1) is 17.3. The molecule has 0 bridgehead atoms. The van der Waals surface area contributed by atoms with Crippen molar-refractivity contribution in [2.45, 2.75) is 18.3 Å². The first-order valence-corrected chi connectivity index (χ1v) is 11.5. The van der Waals surface area contributed by atoms with E-state index in [0.717, 1.165) is 28.3 Å². The Morgan fingerprint density at radius 1 is 0.806 bits per heavy atom. The van der Waals surface area contributed by atoms with E-state index in [1.165, 1.54) is 12.1 Å². The van der Waals surface area contributed by atoms with Crippen molar-refractivity contribution < 1.29 is 27.6 Å². The fraction of sp³-hybridized carbons (Fsp3) is 0.179. The number of rotatable bonds is 3. The van der Waals surface area contributed by atoms with Crippen molar-refractivity contribution >= 4 is 35.0 Å². The highest BCUT2D eigenvalue weighted by Crippen LogP contribution is 2.50. The van der Waals surface area contributed by atoms with Crippen LogP contribution in [-0.4, -0.2) is 29.7 Å². The smallest absolute Gasteiger partial charge is 0.352 e. The summed E-state index contributed by atoms with van der Waals surface area (Å²) in [6.07, 6.45) is -0.969. The molecule has 4 atom stereocenters. The van der Waals surface area contributed by atoms with Crippen LogP contribution in [0.25, 0.3) is 6.08 Å². The third-order valence-corrected chi connectivity index (χ3v) is 7.17. The number of alkyl halides is 3. The lowest BCUT2D eigenvalue weighted by Crippen LogP contribution is -2.48. The summed E-state index contributed by atoms with van der Waals surface area (Å²) in [7, 11) is 0. The quantitative estimate of drug-likeness (QED) is 0.386. The van der Waals surface area contributed by atoms with Crippen LogP contribution in [0.4, 0.5) is 24.5 Å². The van der Waals surface area contributed by atoms with E-state index in [4.69, 9.17) is 0 Å². The van der Waals surface area contributed by atoms with Gasteiger partial charge in [0.1, 0.15) is 6.04 Å². The molecule has 180 valence electrons. The second-order valence-electron chi connectivity index (χ2n) is 9.10. The first kappa shape index (κ1) is 22.3. The Bertz CT molecular complexity index is 1430. The SMILES string of the molecule is O=C(c1ccccc1)[C@@H]1[C@@H]2C(=O)N(c3cccc(C(F)(F)F)c3)C(=O)[C@@H]2[C@@H]2C=Cc3ccccc3N12. The number of amides is 2. The standard InChI is InChI=1S/C28H19F3N2O3/c29-28(30,31)18-10-6-11-19(15-18)32-26(35)22-21-14-13-16-7-4-5-12-20(16)33(21)24(23(22)27(32)36)25(34)17-8-2-1-3-9-17/h1-15,21-24H/t21-,22+,23+,24-/m0/s1. The van der Waals surface area contributed by atoms with Gasteiger partial charge in [-0.15, -0.1) is 0 Å². The molecule has 0 aliphatic carbocycles. The van der Waals surface area contributed by atoms with Crippen LogP contribution in [0.1, 0.15) is 21.5 Å². The molecular formula is C28H19F3N2O3. The van der Waals surface area contributed by atoms with E-state index in [0.29, 0.717) is 5.56 Å². The molecule has 6 rings (SSSR count). The van der Waals surface area contributed by atoms with E-state index in [2.05, 4.69) is 0 Å². The highest BCUT2D eigenvalue weighted by atomic mass is 19.4. The molecule has 3 heterocycles. The number of halogens is 3. The van der Waals surface area contributed by atoms with Crippen molar-refractivity contribution in [2.24, 2.45) is 11.8 Å². The number of imide groups is 1. The second kappa shape index (κ2) is 7.91. The number of hydrogen-bond donors (Lipinski definition) is 0. The third-order valence-electron chi connectivity index (χ3n) is 7.17. The summed E-state index contributed by atoms with van der Waals surface area (Å²) in [6, 6.07) is 18.5. The summed E-state index contributed by atoms with van der Waals surface area (Å²) in [5, 5.41) is 0. The lowest BCUT2D eigenvalue weighted by molar-refractivity contribution is -0.137. The summed E-state index contributed by atoms with van der Waals surface area (Å²) in [6.45, 7) is 0. The summed E-state index contributed by atoms with van der Waals surface area (Å²) >= 11 is 0. The maximum atomic E-state index is 13.8. The van der Waals surface area contributed by atoms with Crippen molar-refractivity contribution in [1.29, 1.82) is 0 Å². The normalized spacial score (nSPS) is 24.5. The molecule has 5 nitrogen and oxygen atoms in total. The monoisotopic (exact) mass is 488 g/mol. The molecule has 3 aromatic carbocycles. The molecule has 2 amide bonds. The van der Waals surface area contributed by atoms with Crippen LogP contribution in [0.3, 0.4) is 0 Å². The molecule has 36 heavy (non-hydrogen) atoms. The predicted octanol–water partition coefficient (Wildman–Crippen LogP) is 4.98. The number of Topliss-reactive ketones (excluding diaryl/α,β-unsaturated/α-hetero) is 1. The van der Waals surface area contributed by atoms with Crippen LogP contribution in [-0.2, 0) is 15.8 Å². The van der Waals surface area contributed by atoms with Crippen molar-refractivity contribution in [3.63, 3.8) is 0 Å². The highest BCUT2D eigenvalue weighted by molar-refractivity contribution is 6.25. The maximum absolute atomic E-state index is 13.8. The molecule has 0 unspecified atom stereocenters. The van der Waals surface area contributed by atoms with Gasteiger partial charge < -0.3 is 4.90 Å². The van der Waals surface area contributed by atoms with Crippen molar-refractivity contribution in [3.05, 3.63) is 102 Å². The van der Waals surface area contributed by atoms with Gasteiger partial charge in [0.2, 0.25) is 11.8 Å². The van der Waals surface area contributed by atoms with E-state index >= 15 is 0 Å². The van der Waals surface area contributed by atoms with Crippen LogP contribution in [0.2, 0.25) is 0 Å². The van der Waals surface area contributed by atoms with Crippen LogP contribution in [0, 0.1) is 11.8 Å². The van der Waals surface area contributed by atoms with Gasteiger partial charge in [0, 0.05) is 11.3 Å². The highest BCUT2D eigenvalue weighted by Gasteiger charge is 2.64. The average Bonchev–Trinajstić information content (AvgIpc) is 3.36. The fourth-order valence-electron chi connectivity index (χ4n) is 5.66. The summed E-state index contributed by atoms with van der Waals surface area (Å²) in [4.78, 5) is 44.0. The number of anilines is 2. The molecule has 3 aromatic rings. The van der Waals surface area contributed by atoms with Crippen molar-refractivity contribution in [2.75, 3.05) is 9.80 Å². The number of carbonyl (C=O) groups is 3. The number of nitrogens with zero attached hydrogens (tertiary/aromatic N) is 2. The zero-order valence-electron chi connectivity index (χ0n) is 18.7. The molecule has 0 saturated carbocycles. The molecule has 3 aliphatic rings. The van der Waals surface area contributed by atoms with Crippen LogP contribution in [0.15, 0.2) is 84.9 Å². The average molecular weight is 488 g/mol. The maximum Gasteiger partial charge on any atom is 0.416 e. The lowest BCUT2D eigenvalue weighted by atomic mass is 9.86. The number of carbonyl (C=O) groups excluding carboxylic acids is 3. The molecule has 2 saturated heterocycles. The lowest BCUT2D eigenvalue weighted by Gasteiger charge is -2.36. The summed E-state index contributed by atoms with van der Waals surface area (Å²) < 4.78 is 40.0. The van der Waals surface area contributed by atoms with Gasteiger partial charge in [-0.1, -0.05) is 66.7 Å². The van der Waals surface area contributed by atoms with Gasteiger partial charge >= 0.3 is 6.18 Å². The molecule has 0 radical (unpaired) electrons. The first-order valence-electron chi connectivity index (χ1n) is 11.5. The number of hydrogen-bond acceptors (Lipinski definition) is 4. The molecule has 3 aliphatic heterocycles. The van der Waals surface area contributed by atoms with Crippen LogP contribution in [0.5, 0.6) is 0 Å². The van der Waals surface area contributed by atoms with E-state index < -0.39 is 47.5 Å². The van der Waals surface area contributed by atoms with Gasteiger partial charge in [-0.2, -0.15) is 13.2 Å². The minimum Gasteiger partial charge on any atom is -0.352 e. The van der Waals surface area contributed by atoms with Gasteiger partial charge in [0.25, 0.3) is 0 Å². The van der Waals surface area contributed by atoms with Gasteiger partial charge in [-0.05, 0) is 29.8 Å². The molecule has 0 spiro atoms. The summed E-state index contributed by atoms with van der Waals surface area (Å²) in [5.74, 6) is -3.54. The fourth-order valence-corrected chi connectivity index (χ4v) is 5.66. The van der Waals surface area contributed by atoms with Crippen LogP contribution < -0.4 is 9.80 Å². The molecule has 8 heteroatoms. The Labute approximate surface area is 204 Å². The van der Waals surface area contributed by atoms with E-state index in [1.54, 1.807) is 36.4 Å².